The first-order chi connectivity index (χ1) is 13.0. The fraction of sp³-hybridized carbons (Fsp3) is 0.0526. The topological polar surface area (TPSA) is 88.2 Å². The molecule has 0 fully saturated rings. The van der Waals surface area contributed by atoms with Gasteiger partial charge >= 0.3 is 0 Å². The Bertz CT molecular complexity index is 1040. The molecule has 0 bridgehead atoms. The highest BCUT2D eigenvalue weighted by atomic mass is 35.5. The van der Waals surface area contributed by atoms with E-state index in [1.165, 1.54) is 30.3 Å². The molecule has 0 aliphatic carbocycles. The Morgan fingerprint density at radius 3 is 2.37 bits per heavy atom. The van der Waals surface area contributed by atoms with Crippen LogP contribution in [-0.4, -0.2) is 19.3 Å². The SMILES string of the molecule is O=C(NCc1ccncc1)c1ccc(NS(=O)(=O)c2ccccc2)c(Cl)c1. The zero-order valence-electron chi connectivity index (χ0n) is 14.1. The molecule has 0 unspecified atom stereocenters. The Hall–Kier alpha value is -2.90. The van der Waals surface area contributed by atoms with Crippen molar-refractivity contribution in [3.8, 4) is 0 Å². The molecule has 0 radical (unpaired) electrons. The quantitative estimate of drug-likeness (QED) is 0.662. The maximum atomic E-state index is 12.4. The molecule has 2 N–H and O–H groups in total. The van der Waals surface area contributed by atoms with Crippen LogP contribution in [0.15, 0.2) is 78.0 Å². The Balaban J connectivity index is 1.71. The lowest BCUT2D eigenvalue weighted by Crippen LogP contribution is -2.23. The van der Waals surface area contributed by atoms with E-state index in [0.29, 0.717) is 12.1 Å². The molecule has 1 heterocycles. The molecule has 0 aliphatic heterocycles. The second-order valence-electron chi connectivity index (χ2n) is 5.65. The first-order valence-corrected chi connectivity index (χ1v) is 9.86. The number of pyridine rings is 1. The summed E-state index contributed by atoms with van der Waals surface area (Å²) in [6.45, 7) is 0.349. The van der Waals surface area contributed by atoms with Crippen LogP contribution in [0.5, 0.6) is 0 Å². The minimum Gasteiger partial charge on any atom is -0.348 e. The predicted molar refractivity (Wildman–Crippen MR) is 104 cm³/mol. The first kappa shape index (κ1) is 18.9. The smallest absolute Gasteiger partial charge is 0.261 e. The van der Waals surface area contributed by atoms with Gasteiger partial charge in [-0.25, -0.2) is 8.42 Å². The summed E-state index contributed by atoms with van der Waals surface area (Å²) in [4.78, 5) is 16.3. The number of hydrogen-bond donors (Lipinski definition) is 2. The Kier molecular flexibility index (Phi) is 5.73. The van der Waals surface area contributed by atoms with Crippen molar-refractivity contribution < 1.29 is 13.2 Å². The van der Waals surface area contributed by atoms with Crippen LogP contribution in [0.3, 0.4) is 0 Å². The van der Waals surface area contributed by atoms with Gasteiger partial charge in [-0.05, 0) is 48.0 Å². The van der Waals surface area contributed by atoms with E-state index in [1.54, 1.807) is 42.7 Å². The molecule has 0 spiro atoms. The first-order valence-electron chi connectivity index (χ1n) is 8.00. The number of anilines is 1. The highest BCUT2D eigenvalue weighted by Gasteiger charge is 2.16. The maximum Gasteiger partial charge on any atom is 0.261 e. The van der Waals surface area contributed by atoms with Crippen molar-refractivity contribution in [2.75, 3.05) is 4.72 Å². The zero-order chi connectivity index (χ0) is 19.3. The predicted octanol–water partition coefficient (Wildman–Crippen LogP) is 3.47. The second kappa shape index (κ2) is 8.20. The summed E-state index contributed by atoms with van der Waals surface area (Å²) >= 11 is 6.17. The molecule has 6 nitrogen and oxygen atoms in total. The standard InChI is InChI=1S/C19H16ClN3O3S/c20-17-12-15(19(24)22-13-14-8-10-21-11-9-14)6-7-18(17)23-27(25,26)16-4-2-1-3-5-16/h1-12,23H,13H2,(H,22,24). The fourth-order valence-electron chi connectivity index (χ4n) is 2.33. The van der Waals surface area contributed by atoms with Gasteiger partial charge < -0.3 is 5.32 Å². The normalized spacial score (nSPS) is 11.0. The van der Waals surface area contributed by atoms with Gasteiger partial charge in [-0.3, -0.25) is 14.5 Å². The Morgan fingerprint density at radius 2 is 1.70 bits per heavy atom. The minimum absolute atomic E-state index is 0.125. The highest BCUT2D eigenvalue weighted by Crippen LogP contribution is 2.26. The van der Waals surface area contributed by atoms with Crippen molar-refractivity contribution >= 4 is 33.2 Å². The number of carbonyl (C=O) groups excluding carboxylic acids is 1. The third-order valence-electron chi connectivity index (χ3n) is 3.73. The van der Waals surface area contributed by atoms with Gasteiger partial charge in [0.2, 0.25) is 0 Å². The van der Waals surface area contributed by atoms with Crippen LogP contribution >= 0.6 is 11.6 Å². The largest absolute Gasteiger partial charge is 0.348 e. The van der Waals surface area contributed by atoms with Gasteiger partial charge in [-0.1, -0.05) is 29.8 Å². The lowest BCUT2D eigenvalue weighted by Gasteiger charge is -2.11. The summed E-state index contributed by atoms with van der Waals surface area (Å²) in [5, 5.41) is 2.90. The molecular weight excluding hydrogens is 386 g/mol. The maximum absolute atomic E-state index is 12.4. The number of hydrogen-bond acceptors (Lipinski definition) is 4. The Labute approximate surface area is 162 Å². The van der Waals surface area contributed by atoms with Crippen molar-refractivity contribution in [2.45, 2.75) is 11.4 Å². The molecule has 138 valence electrons. The summed E-state index contributed by atoms with van der Waals surface area (Å²) in [7, 11) is -3.76. The van der Waals surface area contributed by atoms with Gasteiger partial charge in [0.1, 0.15) is 0 Å². The highest BCUT2D eigenvalue weighted by molar-refractivity contribution is 7.92. The summed E-state index contributed by atoms with van der Waals surface area (Å²) in [6.07, 6.45) is 3.29. The zero-order valence-corrected chi connectivity index (χ0v) is 15.7. The molecule has 3 aromatic rings. The molecule has 0 aliphatic rings. The molecule has 2 aromatic carbocycles. The number of nitrogens with one attached hydrogen (secondary N) is 2. The average molecular weight is 402 g/mol. The molecular formula is C19H16ClN3O3S. The number of aromatic nitrogens is 1. The number of carbonyl (C=O) groups is 1. The van der Waals surface area contributed by atoms with E-state index >= 15 is 0 Å². The van der Waals surface area contributed by atoms with E-state index in [2.05, 4.69) is 15.0 Å². The molecule has 1 aromatic heterocycles. The summed E-state index contributed by atoms with van der Waals surface area (Å²) in [6, 6.07) is 16.0. The van der Waals surface area contributed by atoms with E-state index in [-0.39, 0.29) is 21.5 Å². The van der Waals surface area contributed by atoms with Crippen molar-refractivity contribution in [2.24, 2.45) is 0 Å². The monoisotopic (exact) mass is 401 g/mol. The van der Waals surface area contributed by atoms with Gasteiger partial charge in [0.25, 0.3) is 15.9 Å². The van der Waals surface area contributed by atoms with Gasteiger partial charge in [-0.2, -0.15) is 0 Å². The number of benzene rings is 2. The van der Waals surface area contributed by atoms with Gasteiger partial charge in [-0.15, -0.1) is 0 Å². The van der Waals surface area contributed by atoms with Gasteiger partial charge in [0.05, 0.1) is 15.6 Å². The Morgan fingerprint density at radius 1 is 1.00 bits per heavy atom. The number of sulfonamides is 1. The molecule has 0 atom stereocenters. The molecule has 27 heavy (non-hydrogen) atoms. The molecule has 3 rings (SSSR count). The van der Waals surface area contributed by atoms with E-state index < -0.39 is 10.0 Å². The van der Waals surface area contributed by atoms with E-state index in [1.807, 2.05) is 0 Å². The molecule has 0 saturated heterocycles. The van der Waals surface area contributed by atoms with E-state index in [0.717, 1.165) is 5.56 Å². The van der Waals surface area contributed by atoms with Crippen LogP contribution in [-0.2, 0) is 16.6 Å². The number of nitrogens with zero attached hydrogens (tertiary/aromatic N) is 1. The number of rotatable bonds is 6. The van der Waals surface area contributed by atoms with Crippen molar-refractivity contribution in [1.29, 1.82) is 0 Å². The van der Waals surface area contributed by atoms with Gasteiger partial charge in [0, 0.05) is 24.5 Å². The minimum atomic E-state index is -3.76. The van der Waals surface area contributed by atoms with Crippen LogP contribution in [0.1, 0.15) is 15.9 Å². The van der Waals surface area contributed by atoms with E-state index in [9.17, 15) is 13.2 Å². The van der Waals surface area contributed by atoms with Crippen LogP contribution in [0.25, 0.3) is 0 Å². The van der Waals surface area contributed by atoms with Crippen LogP contribution in [0.4, 0.5) is 5.69 Å². The summed E-state index contributed by atoms with van der Waals surface area (Å²) < 4.78 is 27.2. The van der Waals surface area contributed by atoms with Crippen molar-refractivity contribution in [3.63, 3.8) is 0 Å². The lowest BCUT2D eigenvalue weighted by molar-refractivity contribution is 0.0951. The molecule has 0 saturated carbocycles. The fourth-order valence-corrected chi connectivity index (χ4v) is 3.71. The molecule has 1 amide bonds. The summed E-state index contributed by atoms with van der Waals surface area (Å²) in [5.74, 6) is -0.314. The average Bonchev–Trinajstić information content (AvgIpc) is 2.69. The number of amides is 1. The summed E-state index contributed by atoms with van der Waals surface area (Å²) in [5.41, 5.74) is 1.44. The lowest BCUT2D eigenvalue weighted by atomic mass is 10.2. The van der Waals surface area contributed by atoms with Crippen LogP contribution in [0.2, 0.25) is 5.02 Å². The number of halogens is 1. The molecule has 8 heteroatoms. The second-order valence-corrected chi connectivity index (χ2v) is 7.74. The van der Waals surface area contributed by atoms with Crippen molar-refractivity contribution in [3.05, 3.63) is 89.2 Å². The van der Waals surface area contributed by atoms with Gasteiger partial charge in [0.15, 0.2) is 0 Å². The third kappa shape index (κ3) is 4.84. The third-order valence-corrected chi connectivity index (χ3v) is 5.43. The van der Waals surface area contributed by atoms with E-state index in [4.69, 9.17) is 11.6 Å². The van der Waals surface area contributed by atoms with Crippen molar-refractivity contribution in [1.82, 2.24) is 10.3 Å². The van der Waals surface area contributed by atoms with Crippen LogP contribution in [0, 0.1) is 0 Å². The van der Waals surface area contributed by atoms with Crippen LogP contribution < -0.4 is 10.0 Å².